The van der Waals surface area contributed by atoms with E-state index in [0.29, 0.717) is 17.2 Å². The largest absolute Gasteiger partial charge is 0.744 e. The van der Waals surface area contributed by atoms with Gasteiger partial charge in [0.05, 0.1) is 46.5 Å². The van der Waals surface area contributed by atoms with Crippen LogP contribution in [0.1, 0.15) is 69.1 Å². The molecule has 2 atom stereocenters. The lowest BCUT2D eigenvalue weighted by Gasteiger charge is -2.31. The number of nitrogens with zero attached hydrogens (tertiary/aromatic N) is 3. The molecule has 3 aliphatic rings. The average molecular weight is 1410 g/mol. The van der Waals surface area contributed by atoms with Crippen molar-refractivity contribution >= 4 is 123 Å². The molecule has 5 N–H and O–H groups in total. The third-order valence-corrected chi connectivity index (χ3v) is 21.0. The topological polar surface area (TPSA) is 445 Å². The number of hydrogen-bond donors (Lipinski definition) is 5. The SMILES string of the molecule is COCCC1(C)C(/C=C/C(=C/C=C2/N(CCCS(=O)(=O)O)c3ccc4c(S(=O)(=O)O)cc(S(=O)(=O)O)cc4c3C2(C)CCOC)c2c(OC)cc(OCC(=O)ON3C(=O)CCC3=O)cc2OC)=[N+](CCCS(=O)(=O)O)c2ccc3c(S(=O)(=O)O)cc(S(=O)(=O)[O-])cc3c21. The Hall–Kier alpha value is -7.30. The summed E-state index contributed by atoms with van der Waals surface area (Å²) >= 11 is 0. The third-order valence-electron chi connectivity index (χ3n) is 16.0. The van der Waals surface area contributed by atoms with Crippen molar-refractivity contribution in [1.82, 2.24) is 5.06 Å². The van der Waals surface area contributed by atoms with E-state index in [9.17, 15) is 92.2 Å². The second kappa shape index (κ2) is 26.8. The molecule has 504 valence electrons. The minimum Gasteiger partial charge on any atom is -0.744 e. The molecule has 0 spiro atoms. The Bertz CT molecular complexity index is 4740. The zero-order valence-corrected chi connectivity index (χ0v) is 55.2. The Labute approximate surface area is 535 Å². The minimum absolute atomic E-state index is 0.0388. The van der Waals surface area contributed by atoms with Gasteiger partial charge in [0.15, 0.2) is 12.3 Å². The molecule has 0 aliphatic carbocycles. The molecule has 0 radical (unpaired) electrons. The summed E-state index contributed by atoms with van der Waals surface area (Å²) in [4.78, 5) is 40.2. The first-order valence-electron chi connectivity index (χ1n) is 27.7. The Morgan fingerprint density at radius 2 is 1.18 bits per heavy atom. The molecule has 36 heteroatoms. The molecule has 30 nitrogen and oxygen atoms in total. The van der Waals surface area contributed by atoms with Gasteiger partial charge in [-0.1, -0.05) is 12.1 Å². The highest BCUT2D eigenvalue weighted by atomic mass is 32.2. The van der Waals surface area contributed by atoms with Gasteiger partial charge in [-0.15, -0.1) is 5.06 Å². The van der Waals surface area contributed by atoms with E-state index in [-0.39, 0.29) is 149 Å². The predicted molar refractivity (Wildman–Crippen MR) is 330 cm³/mol. The quantitative estimate of drug-likeness (QED) is 0.0192. The molecule has 2 amide bonds. The molecule has 0 bridgehead atoms. The summed E-state index contributed by atoms with van der Waals surface area (Å²) < 4.78 is 247. The first-order chi connectivity index (χ1) is 43.2. The Kier molecular flexibility index (Phi) is 20.6. The predicted octanol–water partition coefficient (Wildman–Crippen LogP) is 4.93. The highest BCUT2D eigenvalue weighted by molar-refractivity contribution is 7.87. The zero-order chi connectivity index (χ0) is 68.8. The van der Waals surface area contributed by atoms with E-state index >= 15 is 0 Å². The van der Waals surface area contributed by atoms with Crippen LogP contribution in [0, 0.1) is 0 Å². The van der Waals surface area contributed by atoms with E-state index in [0.717, 1.165) is 12.1 Å². The van der Waals surface area contributed by atoms with E-state index in [1.165, 1.54) is 89.1 Å². The summed E-state index contributed by atoms with van der Waals surface area (Å²) in [6.45, 7) is 1.74. The second-order valence-electron chi connectivity index (χ2n) is 22.0. The van der Waals surface area contributed by atoms with Gasteiger partial charge in [-0.05, 0) is 104 Å². The highest BCUT2D eigenvalue weighted by Gasteiger charge is 2.50. The zero-order valence-electron chi connectivity index (χ0n) is 50.3. The molecule has 0 saturated carbocycles. The Morgan fingerprint density at radius 3 is 1.71 bits per heavy atom. The van der Waals surface area contributed by atoms with Crippen molar-refractivity contribution < 1.29 is 125 Å². The number of hydrogen-bond acceptors (Lipinski definition) is 23. The van der Waals surface area contributed by atoms with Crippen LogP contribution in [0.2, 0.25) is 0 Å². The summed E-state index contributed by atoms with van der Waals surface area (Å²) in [5.41, 5.74) is -1.65. The number of ether oxygens (including phenoxy) is 5. The summed E-state index contributed by atoms with van der Waals surface area (Å²) in [6.07, 6.45) is 4.97. The number of carbonyl (C=O) groups is 3. The van der Waals surface area contributed by atoms with Crippen LogP contribution < -0.4 is 19.1 Å². The number of imide groups is 1. The van der Waals surface area contributed by atoms with Crippen molar-refractivity contribution in [3.63, 3.8) is 0 Å². The highest BCUT2D eigenvalue weighted by Crippen LogP contribution is 2.55. The van der Waals surface area contributed by atoms with Gasteiger partial charge in [0.2, 0.25) is 5.69 Å². The number of rotatable bonds is 28. The van der Waals surface area contributed by atoms with E-state index in [1.807, 2.05) is 0 Å². The number of benzene rings is 5. The molecule has 2 unspecified atom stereocenters. The van der Waals surface area contributed by atoms with Crippen LogP contribution in [0.15, 0.2) is 110 Å². The molecule has 93 heavy (non-hydrogen) atoms. The first kappa shape index (κ1) is 71.5. The average Bonchev–Trinajstić information content (AvgIpc) is 1.59. The van der Waals surface area contributed by atoms with Crippen molar-refractivity contribution in [2.75, 3.05) is 77.8 Å². The Morgan fingerprint density at radius 1 is 0.656 bits per heavy atom. The number of amides is 2. The van der Waals surface area contributed by atoms with Crippen molar-refractivity contribution in [2.45, 2.75) is 82.8 Å². The van der Waals surface area contributed by atoms with Crippen molar-refractivity contribution in [3.05, 3.63) is 107 Å². The summed E-state index contributed by atoms with van der Waals surface area (Å²) in [7, 11) is -25.3. The second-order valence-corrected chi connectivity index (χ2v) is 30.7. The van der Waals surface area contributed by atoms with E-state index in [4.69, 9.17) is 28.5 Å². The van der Waals surface area contributed by atoms with E-state index in [2.05, 4.69) is 0 Å². The van der Waals surface area contributed by atoms with Gasteiger partial charge in [0, 0.05) is 111 Å². The minimum atomic E-state index is -5.47. The monoisotopic (exact) mass is 1410 g/mol. The summed E-state index contributed by atoms with van der Waals surface area (Å²) in [5, 5.41) is -0.426. The fraction of sp³-hybridized carbons (Fsp3) is 0.368. The molecular formula is C57H63N3O27S6. The molecule has 3 heterocycles. The van der Waals surface area contributed by atoms with Crippen LogP contribution in [0.4, 0.5) is 11.4 Å². The first-order valence-corrected chi connectivity index (χ1v) is 36.6. The third kappa shape index (κ3) is 15.3. The van der Waals surface area contributed by atoms with Gasteiger partial charge in [0.1, 0.15) is 43.7 Å². The van der Waals surface area contributed by atoms with Gasteiger partial charge in [-0.2, -0.15) is 46.7 Å². The molecule has 5 aromatic carbocycles. The molecule has 0 aromatic heterocycles. The normalized spacial score (nSPS) is 18.8. The van der Waals surface area contributed by atoms with Crippen LogP contribution in [0.25, 0.3) is 27.1 Å². The smallest absolute Gasteiger partial charge is 0.370 e. The van der Waals surface area contributed by atoms with Gasteiger partial charge in [0.25, 0.3) is 62.4 Å². The molecule has 8 rings (SSSR count). The van der Waals surface area contributed by atoms with Crippen LogP contribution in [0.3, 0.4) is 0 Å². The lowest BCUT2D eigenvalue weighted by Crippen LogP contribution is -2.33. The van der Waals surface area contributed by atoms with Gasteiger partial charge in [-0.25, -0.2) is 13.2 Å². The van der Waals surface area contributed by atoms with Crippen molar-refractivity contribution in [1.29, 1.82) is 0 Å². The number of fused-ring (bicyclic) bond motifs is 6. The maximum Gasteiger partial charge on any atom is 0.370 e. The summed E-state index contributed by atoms with van der Waals surface area (Å²) in [5.74, 6) is -4.57. The van der Waals surface area contributed by atoms with Gasteiger partial charge in [-0.3, -0.25) is 32.4 Å². The van der Waals surface area contributed by atoms with Crippen LogP contribution in [-0.4, -0.2) is 184 Å². The molecule has 1 fully saturated rings. The lowest BCUT2D eigenvalue weighted by atomic mass is 9.74. The fourth-order valence-electron chi connectivity index (χ4n) is 11.9. The van der Waals surface area contributed by atoms with E-state index < -0.39 is 127 Å². The standard InChI is InChI=1S/C57H63N3O27S6/c1-56(19-23-82-3)48(58(21-7-25-88(64,65)66)42-13-11-38-40(54(42)56)29-36(90(70,71)72)31-46(38)92(76,77)78)15-9-34(53-44(84-5)27-35(28-45(53)85-6)86-33-52(63)87-60-50(61)17-18-51(60)62)10-16-49-57(2,20-24-83-4)55-41-30-37(91(73,74)75)32-47(93(79,80)81)39(41)12-14-43(55)59(49)22-8-26-89(67,68)69/h9-16,27-32H,7-8,17-26,33H2,1-6H3,(H5-,64,65,66,67,68,69,70,71,72,73,74,75,76,77,78,79,80,81). The van der Waals surface area contributed by atoms with E-state index in [1.54, 1.807) is 23.3 Å². The Balaban J connectivity index is 1.46. The number of anilines is 1. The summed E-state index contributed by atoms with van der Waals surface area (Å²) in [6, 6.07) is 10.9. The maximum absolute atomic E-state index is 13.1. The van der Waals surface area contributed by atoms with Crippen LogP contribution in [0.5, 0.6) is 17.2 Å². The number of carbonyl (C=O) groups excluding carboxylic acids is 3. The van der Waals surface area contributed by atoms with Gasteiger partial charge >= 0.3 is 5.97 Å². The molecular weight excluding hydrogens is 1350 g/mol. The fourth-order valence-corrected chi connectivity index (χ4v) is 15.5. The van der Waals surface area contributed by atoms with Crippen molar-refractivity contribution in [3.8, 4) is 17.2 Å². The molecule has 5 aromatic rings. The van der Waals surface area contributed by atoms with Gasteiger partial charge < -0.3 is 38.0 Å². The number of methoxy groups -OCH3 is 4. The lowest BCUT2D eigenvalue weighted by molar-refractivity contribution is -0.437. The maximum atomic E-state index is 13.1. The molecule has 1 saturated heterocycles. The van der Waals surface area contributed by atoms with Crippen LogP contribution >= 0.6 is 0 Å². The van der Waals surface area contributed by atoms with Crippen molar-refractivity contribution in [2.24, 2.45) is 0 Å². The number of hydroxylamine groups is 2. The number of allylic oxidation sites excluding steroid dienone is 6. The van der Waals surface area contributed by atoms with Crippen LogP contribution in [-0.2, 0) is 100 Å². The molecule has 3 aliphatic heterocycles.